The summed E-state index contributed by atoms with van der Waals surface area (Å²) < 4.78 is 0. The zero-order chi connectivity index (χ0) is 13.7. The molecule has 0 spiro atoms. The molecule has 1 rings (SSSR count). The predicted octanol–water partition coefficient (Wildman–Crippen LogP) is -0.327. The Morgan fingerprint density at radius 3 is 2.33 bits per heavy atom. The summed E-state index contributed by atoms with van der Waals surface area (Å²) in [5.41, 5.74) is 0. The van der Waals surface area contributed by atoms with Gasteiger partial charge in [0.2, 0.25) is 5.91 Å². The number of carboxylic acids is 1. The van der Waals surface area contributed by atoms with Crippen molar-refractivity contribution < 1.29 is 19.5 Å². The molecule has 1 saturated carbocycles. The molecule has 1 aliphatic carbocycles. The monoisotopic (exact) mass is 257 g/mol. The molecular weight excluding hydrogens is 238 g/mol. The number of nitrogens with one attached hydrogen (secondary N) is 3. The Morgan fingerprint density at radius 2 is 1.89 bits per heavy atom. The fourth-order valence-corrected chi connectivity index (χ4v) is 1.37. The zero-order valence-corrected chi connectivity index (χ0v) is 10.5. The molecule has 0 aromatic carbocycles. The lowest BCUT2D eigenvalue weighted by Gasteiger charge is -2.18. The van der Waals surface area contributed by atoms with Crippen LogP contribution in [0.25, 0.3) is 0 Å². The van der Waals surface area contributed by atoms with Gasteiger partial charge in [0.1, 0.15) is 6.04 Å². The Labute approximate surface area is 105 Å². The van der Waals surface area contributed by atoms with Crippen molar-refractivity contribution in [3.8, 4) is 0 Å². The SMILES string of the molecule is CC(C)C(NC(=O)NCC(=O)NC1CC1)C(=O)O. The lowest BCUT2D eigenvalue weighted by Crippen LogP contribution is -2.50. The number of amides is 3. The third-order valence-electron chi connectivity index (χ3n) is 2.57. The molecule has 7 heteroatoms. The van der Waals surface area contributed by atoms with Gasteiger partial charge in [0.05, 0.1) is 6.54 Å². The highest BCUT2D eigenvalue weighted by molar-refractivity contribution is 5.86. The van der Waals surface area contributed by atoms with Crippen molar-refractivity contribution in [1.29, 1.82) is 0 Å². The van der Waals surface area contributed by atoms with Crippen molar-refractivity contribution in [2.75, 3.05) is 6.54 Å². The molecule has 102 valence electrons. The first-order chi connectivity index (χ1) is 8.40. The highest BCUT2D eigenvalue weighted by Gasteiger charge is 2.25. The van der Waals surface area contributed by atoms with Gasteiger partial charge in [-0.1, -0.05) is 13.8 Å². The summed E-state index contributed by atoms with van der Waals surface area (Å²) in [5, 5.41) is 16.2. The summed E-state index contributed by atoms with van der Waals surface area (Å²) in [7, 11) is 0. The first kappa shape index (κ1) is 14.3. The second-order valence-electron chi connectivity index (χ2n) is 4.73. The highest BCUT2D eigenvalue weighted by Crippen LogP contribution is 2.18. The quantitative estimate of drug-likeness (QED) is 0.522. The topological polar surface area (TPSA) is 108 Å². The van der Waals surface area contributed by atoms with Gasteiger partial charge in [-0.3, -0.25) is 4.79 Å². The summed E-state index contributed by atoms with van der Waals surface area (Å²) in [4.78, 5) is 33.5. The largest absolute Gasteiger partial charge is 0.480 e. The van der Waals surface area contributed by atoms with Crippen molar-refractivity contribution in [3.63, 3.8) is 0 Å². The lowest BCUT2D eigenvalue weighted by molar-refractivity contribution is -0.140. The summed E-state index contributed by atoms with van der Waals surface area (Å²) in [6, 6.07) is -1.37. The minimum atomic E-state index is -1.09. The minimum Gasteiger partial charge on any atom is -0.480 e. The predicted molar refractivity (Wildman–Crippen MR) is 64.0 cm³/mol. The third kappa shape index (κ3) is 5.03. The Hall–Kier alpha value is -1.79. The van der Waals surface area contributed by atoms with E-state index in [-0.39, 0.29) is 24.4 Å². The average Bonchev–Trinajstić information content (AvgIpc) is 3.06. The molecular formula is C11H19N3O4. The van der Waals surface area contributed by atoms with Gasteiger partial charge in [-0.05, 0) is 18.8 Å². The summed E-state index contributed by atoms with van der Waals surface area (Å²) in [5.74, 6) is -1.58. The molecule has 1 aliphatic rings. The molecule has 1 atom stereocenters. The Kier molecular flexibility index (Phi) is 4.94. The van der Waals surface area contributed by atoms with E-state index in [9.17, 15) is 14.4 Å². The van der Waals surface area contributed by atoms with Gasteiger partial charge >= 0.3 is 12.0 Å². The van der Waals surface area contributed by atoms with E-state index in [2.05, 4.69) is 16.0 Å². The maximum absolute atomic E-state index is 11.4. The number of aliphatic carboxylic acids is 1. The second kappa shape index (κ2) is 6.23. The van der Waals surface area contributed by atoms with Crippen LogP contribution in [0.15, 0.2) is 0 Å². The van der Waals surface area contributed by atoms with Crippen LogP contribution >= 0.6 is 0 Å². The third-order valence-corrected chi connectivity index (χ3v) is 2.57. The van der Waals surface area contributed by atoms with Crippen LogP contribution in [0.5, 0.6) is 0 Å². The molecule has 0 radical (unpaired) electrons. The molecule has 0 aliphatic heterocycles. The first-order valence-electron chi connectivity index (χ1n) is 5.96. The smallest absolute Gasteiger partial charge is 0.326 e. The van der Waals surface area contributed by atoms with Crippen LogP contribution in [0, 0.1) is 5.92 Å². The Morgan fingerprint density at radius 1 is 1.28 bits per heavy atom. The van der Waals surface area contributed by atoms with Crippen molar-refractivity contribution in [3.05, 3.63) is 0 Å². The molecule has 1 unspecified atom stereocenters. The fraction of sp³-hybridized carbons (Fsp3) is 0.727. The summed E-state index contributed by atoms with van der Waals surface area (Å²) in [6.07, 6.45) is 1.96. The number of hydrogen-bond acceptors (Lipinski definition) is 3. The number of carbonyl (C=O) groups excluding carboxylic acids is 2. The number of rotatable bonds is 6. The summed E-state index contributed by atoms with van der Waals surface area (Å²) >= 11 is 0. The average molecular weight is 257 g/mol. The molecule has 1 fully saturated rings. The summed E-state index contributed by atoms with van der Waals surface area (Å²) in [6.45, 7) is 3.24. The van der Waals surface area contributed by atoms with Gasteiger partial charge in [-0.2, -0.15) is 0 Å². The van der Waals surface area contributed by atoms with E-state index in [0.717, 1.165) is 12.8 Å². The molecule has 18 heavy (non-hydrogen) atoms. The number of urea groups is 1. The fourth-order valence-electron chi connectivity index (χ4n) is 1.37. The molecule has 0 saturated heterocycles. The molecule has 4 N–H and O–H groups in total. The van der Waals surface area contributed by atoms with E-state index in [1.807, 2.05) is 0 Å². The van der Waals surface area contributed by atoms with E-state index >= 15 is 0 Å². The van der Waals surface area contributed by atoms with Crippen molar-refractivity contribution in [2.24, 2.45) is 5.92 Å². The minimum absolute atomic E-state index is 0.146. The standard InChI is InChI=1S/C11H19N3O4/c1-6(2)9(10(16)17)14-11(18)12-5-8(15)13-7-3-4-7/h6-7,9H,3-5H2,1-2H3,(H,13,15)(H,16,17)(H2,12,14,18). The van der Waals surface area contributed by atoms with Gasteiger partial charge in [0.25, 0.3) is 0 Å². The molecule has 7 nitrogen and oxygen atoms in total. The van der Waals surface area contributed by atoms with Crippen LogP contribution in [-0.2, 0) is 9.59 Å². The van der Waals surface area contributed by atoms with Crippen LogP contribution < -0.4 is 16.0 Å². The molecule has 0 heterocycles. The van der Waals surface area contributed by atoms with Crippen LogP contribution in [-0.4, -0.2) is 41.6 Å². The van der Waals surface area contributed by atoms with Gasteiger partial charge in [0.15, 0.2) is 0 Å². The Balaban J connectivity index is 2.26. The lowest BCUT2D eigenvalue weighted by atomic mass is 10.1. The zero-order valence-electron chi connectivity index (χ0n) is 10.5. The van der Waals surface area contributed by atoms with Crippen molar-refractivity contribution in [2.45, 2.75) is 38.8 Å². The molecule has 0 aromatic heterocycles. The van der Waals surface area contributed by atoms with Crippen LogP contribution in [0.1, 0.15) is 26.7 Å². The molecule has 3 amide bonds. The molecule has 0 bridgehead atoms. The van der Waals surface area contributed by atoms with Gasteiger partial charge in [0, 0.05) is 6.04 Å². The number of carbonyl (C=O) groups is 3. The highest BCUT2D eigenvalue weighted by atomic mass is 16.4. The van der Waals surface area contributed by atoms with E-state index < -0.39 is 18.0 Å². The number of hydrogen-bond donors (Lipinski definition) is 4. The normalized spacial score (nSPS) is 15.9. The van der Waals surface area contributed by atoms with E-state index in [1.54, 1.807) is 13.8 Å². The van der Waals surface area contributed by atoms with E-state index in [4.69, 9.17) is 5.11 Å². The van der Waals surface area contributed by atoms with Gasteiger partial charge in [-0.15, -0.1) is 0 Å². The molecule has 0 aromatic rings. The van der Waals surface area contributed by atoms with E-state index in [0.29, 0.717) is 0 Å². The van der Waals surface area contributed by atoms with Gasteiger partial charge in [-0.25, -0.2) is 9.59 Å². The van der Waals surface area contributed by atoms with Crippen LogP contribution in [0.4, 0.5) is 4.79 Å². The van der Waals surface area contributed by atoms with Crippen LogP contribution in [0.2, 0.25) is 0 Å². The van der Waals surface area contributed by atoms with Crippen molar-refractivity contribution in [1.82, 2.24) is 16.0 Å². The van der Waals surface area contributed by atoms with Crippen molar-refractivity contribution >= 4 is 17.9 Å². The maximum Gasteiger partial charge on any atom is 0.326 e. The number of carboxylic acid groups (broad SMARTS) is 1. The second-order valence-corrected chi connectivity index (χ2v) is 4.73. The maximum atomic E-state index is 11.4. The van der Waals surface area contributed by atoms with E-state index in [1.165, 1.54) is 0 Å². The Bertz CT molecular complexity index is 339. The van der Waals surface area contributed by atoms with Crippen LogP contribution in [0.3, 0.4) is 0 Å². The first-order valence-corrected chi connectivity index (χ1v) is 5.96. The van der Waals surface area contributed by atoms with Gasteiger partial charge < -0.3 is 21.1 Å².